The summed E-state index contributed by atoms with van der Waals surface area (Å²) in [4.78, 5) is 4.33. The maximum atomic E-state index is 12.4. The first-order valence-electron chi connectivity index (χ1n) is 6.12. The molecule has 0 aromatic carbocycles. The van der Waals surface area contributed by atoms with E-state index in [2.05, 4.69) is 9.80 Å². The Morgan fingerprint density at radius 1 is 0.647 bits per heavy atom. The zero-order valence-corrected chi connectivity index (χ0v) is 11.5. The lowest BCUT2D eigenvalue weighted by Gasteiger charge is -2.38. The van der Waals surface area contributed by atoms with Gasteiger partial charge in [-0.15, -0.1) is 0 Å². The molecule has 7 heteroatoms. The SMILES string of the molecule is CN1CCN(S(=O)(=O)N2CCN(C)CC2)CC1. The zero-order chi connectivity index (χ0) is 12.5. The van der Waals surface area contributed by atoms with Crippen LogP contribution in [-0.4, -0.2) is 93.3 Å². The van der Waals surface area contributed by atoms with Crippen LogP contribution in [0.5, 0.6) is 0 Å². The third kappa shape index (κ3) is 2.97. The van der Waals surface area contributed by atoms with Crippen molar-refractivity contribution in [1.29, 1.82) is 0 Å². The Morgan fingerprint density at radius 2 is 0.941 bits per heavy atom. The summed E-state index contributed by atoms with van der Waals surface area (Å²) in [5.41, 5.74) is 0. The van der Waals surface area contributed by atoms with Gasteiger partial charge in [0.2, 0.25) is 0 Å². The Balaban J connectivity index is 1.98. The molecular formula is C10H22N4O2S. The molecule has 2 aliphatic heterocycles. The molecule has 2 heterocycles. The first kappa shape index (κ1) is 13.2. The first-order chi connectivity index (χ1) is 8.00. The van der Waals surface area contributed by atoms with Crippen LogP contribution < -0.4 is 0 Å². The van der Waals surface area contributed by atoms with Gasteiger partial charge in [0.1, 0.15) is 0 Å². The van der Waals surface area contributed by atoms with Crippen LogP contribution in [-0.2, 0) is 10.2 Å². The number of nitrogens with zero attached hydrogens (tertiary/aromatic N) is 4. The Kier molecular flexibility index (Phi) is 4.04. The Labute approximate surface area is 104 Å². The minimum absolute atomic E-state index is 0.616. The minimum Gasteiger partial charge on any atom is -0.304 e. The number of hydrogen-bond donors (Lipinski definition) is 0. The molecular weight excluding hydrogens is 240 g/mol. The molecule has 0 atom stereocenters. The highest BCUT2D eigenvalue weighted by Gasteiger charge is 2.32. The first-order valence-corrected chi connectivity index (χ1v) is 7.52. The van der Waals surface area contributed by atoms with Gasteiger partial charge in [0.25, 0.3) is 10.2 Å². The van der Waals surface area contributed by atoms with Crippen molar-refractivity contribution in [1.82, 2.24) is 18.4 Å². The van der Waals surface area contributed by atoms with E-state index in [4.69, 9.17) is 0 Å². The average molecular weight is 262 g/mol. The molecule has 0 saturated carbocycles. The van der Waals surface area contributed by atoms with E-state index in [9.17, 15) is 8.42 Å². The molecule has 0 unspecified atom stereocenters. The van der Waals surface area contributed by atoms with Crippen LogP contribution in [0.15, 0.2) is 0 Å². The van der Waals surface area contributed by atoms with Gasteiger partial charge in [-0.25, -0.2) is 0 Å². The summed E-state index contributed by atoms with van der Waals surface area (Å²) in [6, 6.07) is 0. The van der Waals surface area contributed by atoms with E-state index in [1.165, 1.54) is 0 Å². The molecule has 0 radical (unpaired) electrons. The van der Waals surface area contributed by atoms with Crippen LogP contribution in [0.2, 0.25) is 0 Å². The van der Waals surface area contributed by atoms with E-state index in [-0.39, 0.29) is 0 Å². The zero-order valence-electron chi connectivity index (χ0n) is 10.7. The van der Waals surface area contributed by atoms with Crippen LogP contribution in [0.3, 0.4) is 0 Å². The highest BCUT2D eigenvalue weighted by molar-refractivity contribution is 7.86. The highest BCUT2D eigenvalue weighted by atomic mass is 32.2. The number of likely N-dealkylation sites (N-methyl/N-ethyl adjacent to an activating group) is 2. The molecule has 0 N–H and O–H groups in total. The van der Waals surface area contributed by atoms with Gasteiger partial charge in [0, 0.05) is 52.4 Å². The van der Waals surface area contributed by atoms with Gasteiger partial charge in [-0.2, -0.15) is 17.0 Å². The third-order valence-corrected chi connectivity index (χ3v) is 5.61. The minimum atomic E-state index is -3.22. The lowest BCUT2D eigenvalue weighted by atomic mass is 10.4. The molecule has 0 bridgehead atoms. The lowest BCUT2D eigenvalue weighted by molar-refractivity contribution is 0.187. The topological polar surface area (TPSA) is 47.1 Å². The van der Waals surface area contributed by atoms with Crippen LogP contribution >= 0.6 is 0 Å². The Hall–Kier alpha value is -0.210. The molecule has 2 saturated heterocycles. The van der Waals surface area contributed by atoms with Gasteiger partial charge in [0.05, 0.1) is 0 Å². The molecule has 100 valence electrons. The molecule has 0 amide bonds. The largest absolute Gasteiger partial charge is 0.304 e. The second-order valence-electron chi connectivity index (χ2n) is 4.91. The molecule has 2 rings (SSSR count). The van der Waals surface area contributed by atoms with Crippen molar-refractivity contribution in [3.8, 4) is 0 Å². The molecule has 0 aliphatic carbocycles. The number of rotatable bonds is 2. The van der Waals surface area contributed by atoms with Crippen molar-refractivity contribution in [2.75, 3.05) is 66.5 Å². The van der Waals surface area contributed by atoms with E-state index in [1.54, 1.807) is 8.61 Å². The quantitative estimate of drug-likeness (QED) is 0.622. The fourth-order valence-electron chi connectivity index (χ4n) is 2.20. The smallest absolute Gasteiger partial charge is 0.282 e. The van der Waals surface area contributed by atoms with Gasteiger partial charge in [-0.3, -0.25) is 0 Å². The predicted molar refractivity (Wildman–Crippen MR) is 67.1 cm³/mol. The number of hydrogen-bond acceptors (Lipinski definition) is 4. The summed E-state index contributed by atoms with van der Waals surface area (Å²) in [7, 11) is 0.837. The van der Waals surface area contributed by atoms with Crippen LogP contribution in [0.4, 0.5) is 0 Å². The van der Waals surface area contributed by atoms with Crippen molar-refractivity contribution in [3.63, 3.8) is 0 Å². The van der Waals surface area contributed by atoms with Gasteiger partial charge < -0.3 is 9.80 Å². The summed E-state index contributed by atoms with van der Waals surface area (Å²) < 4.78 is 28.0. The van der Waals surface area contributed by atoms with Crippen molar-refractivity contribution >= 4 is 10.2 Å². The average Bonchev–Trinajstić information content (AvgIpc) is 2.30. The van der Waals surface area contributed by atoms with Crippen molar-refractivity contribution in [2.45, 2.75) is 0 Å². The van der Waals surface area contributed by atoms with Gasteiger partial charge in [-0.1, -0.05) is 0 Å². The Morgan fingerprint density at radius 3 is 1.24 bits per heavy atom. The second-order valence-corrected chi connectivity index (χ2v) is 6.84. The summed E-state index contributed by atoms with van der Waals surface area (Å²) in [6.07, 6.45) is 0. The fourth-order valence-corrected chi connectivity index (χ4v) is 3.78. The molecule has 0 aromatic rings. The highest BCUT2D eigenvalue weighted by Crippen LogP contribution is 2.13. The van der Waals surface area contributed by atoms with Crippen LogP contribution in [0.1, 0.15) is 0 Å². The van der Waals surface area contributed by atoms with E-state index < -0.39 is 10.2 Å². The Bertz CT molecular complexity index is 315. The third-order valence-electron chi connectivity index (χ3n) is 3.58. The normalized spacial score (nSPS) is 27.4. The summed E-state index contributed by atoms with van der Waals surface area (Å²) >= 11 is 0. The van der Waals surface area contributed by atoms with E-state index in [0.29, 0.717) is 26.2 Å². The second kappa shape index (κ2) is 5.19. The lowest BCUT2D eigenvalue weighted by Crippen LogP contribution is -2.56. The van der Waals surface area contributed by atoms with E-state index >= 15 is 0 Å². The van der Waals surface area contributed by atoms with E-state index in [0.717, 1.165) is 26.2 Å². The standard InChI is InChI=1S/C10H22N4O2S/c1-11-3-7-13(8-4-11)17(15,16)14-9-5-12(2)6-10-14/h3-10H2,1-2H3. The molecule has 0 spiro atoms. The van der Waals surface area contributed by atoms with Crippen molar-refractivity contribution in [2.24, 2.45) is 0 Å². The summed E-state index contributed by atoms with van der Waals surface area (Å²) in [5.74, 6) is 0. The number of piperazine rings is 2. The van der Waals surface area contributed by atoms with Gasteiger partial charge in [0.15, 0.2) is 0 Å². The van der Waals surface area contributed by atoms with Crippen molar-refractivity contribution in [3.05, 3.63) is 0 Å². The molecule has 2 aliphatic rings. The van der Waals surface area contributed by atoms with Crippen molar-refractivity contribution < 1.29 is 8.42 Å². The molecule has 6 nitrogen and oxygen atoms in total. The summed E-state index contributed by atoms with van der Waals surface area (Å²) in [5, 5.41) is 0. The summed E-state index contributed by atoms with van der Waals surface area (Å²) in [6.45, 7) is 5.77. The van der Waals surface area contributed by atoms with Crippen LogP contribution in [0.25, 0.3) is 0 Å². The monoisotopic (exact) mass is 262 g/mol. The predicted octanol–water partition coefficient (Wildman–Crippen LogP) is -1.27. The fraction of sp³-hybridized carbons (Fsp3) is 1.00. The van der Waals surface area contributed by atoms with E-state index in [1.807, 2.05) is 14.1 Å². The van der Waals surface area contributed by atoms with Gasteiger partial charge >= 0.3 is 0 Å². The molecule has 17 heavy (non-hydrogen) atoms. The van der Waals surface area contributed by atoms with Crippen LogP contribution in [0, 0.1) is 0 Å². The maximum absolute atomic E-state index is 12.4. The van der Waals surface area contributed by atoms with Gasteiger partial charge in [-0.05, 0) is 14.1 Å². The molecule has 2 fully saturated rings. The maximum Gasteiger partial charge on any atom is 0.282 e. The molecule has 0 aromatic heterocycles.